The molecule has 3 aromatic heterocycles. The van der Waals surface area contributed by atoms with E-state index >= 15 is 0 Å². The molecule has 12 heteroatoms. The molecule has 34 heavy (non-hydrogen) atoms. The third-order valence-corrected chi connectivity index (χ3v) is 5.13. The third-order valence-electron chi connectivity index (χ3n) is 5.13. The van der Waals surface area contributed by atoms with E-state index in [1.54, 1.807) is 22.7 Å². The fourth-order valence-corrected chi connectivity index (χ4v) is 3.49. The van der Waals surface area contributed by atoms with E-state index in [0.717, 1.165) is 17.8 Å². The van der Waals surface area contributed by atoms with Crippen LogP contribution in [0.15, 0.2) is 48.7 Å². The summed E-state index contributed by atoms with van der Waals surface area (Å²) in [7, 11) is 0. The van der Waals surface area contributed by atoms with E-state index < -0.39 is 16.7 Å². The van der Waals surface area contributed by atoms with Gasteiger partial charge in [0.1, 0.15) is 5.65 Å². The Hall–Kier alpha value is -4.22. The Labute approximate surface area is 191 Å². The topological polar surface area (TPSA) is 124 Å². The first kappa shape index (κ1) is 23.0. The molecule has 0 amide bonds. The molecule has 0 saturated carbocycles. The lowest BCUT2D eigenvalue weighted by Gasteiger charge is -2.11. The smallest absolute Gasteiger partial charge is 0.378 e. The second-order valence-electron chi connectivity index (χ2n) is 7.64. The van der Waals surface area contributed by atoms with Gasteiger partial charge in [0.25, 0.3) is 0 Å². The van der Waals surface area contributed by atoms with Crippen LogP contribution >= 0.6 is 0 Å². The fourth-order valence-electron chi connectivity index (χ4n) is 3.49. The summed E-state index contributed by atoms with van der Waals surface area (Å²) < 4.78 is 40.4. The number of imidazole rings is 1. The number of aromatic nitrogens is 4. The van der Waals surface area contributed by atoms with Crippen molar-refractivity contribution in [1.29, 1.82) is 0 Å². The Morgan fingerprint density at radius 1 is 1.12 bits per heavy atom. The normalized spacial score (nSPS) is 11.6. The van der Waals surface area contributed by atoms with Crippen LogP contribution in [0.2, 0.25) is 0 Å². The predicted octanol–water partition coefficient (Wildman–Crippen LogP) is 4.65. The molecule has 0 spiro atoms. The van der Waals surface area contributed by atoms with E-state index in [1.807, 2.05) is 6.92 Å². The van der Waals surface area contributed by atoms with Crippen molar-refractivity contribution in [2.75, 3.05) is 17.6 Å². The summed E-state index contributed by atoms with van der Waals surface area (Å²) in [6.45, 7) is 2.33. The predicted molar refractivity (Wildman–Crippen MR) is 120 cm³/mol. The van der Waals surface area contributed by atoms with Gasteiger partial charge in [-0.25, -0.2) is 15.0 Å². The molecule has 0 atom stereocenters. The highest BCUT2D eigenvalue weighted by atomic mass is 19.4. The third kappa shape index (κ3) is 4.90. The molecule has 1 aromatic carbocycles. The number of anilines is 2. The summed E-state index contributed by atoms with van der Waals surface area (Å²) in [6, 6.07) is 9.41. The number of aryl methyl sites for hydroxylation is 2. The number of nitro groups is 1. The first-order valence-corrected chi connectivity index (χ1v) is 10.3. The SMILES string of the molecule is Cc1cn2c(NCCCc3ccc([N+](=O)[O-])c(N)n3)nc(-c3ccc(C(F)(F)F)cc3)cc2n1. The summed E-state index contributed by atoms with van der Waals surface area (Å²) in [5.74, 6) is 0.362. The number of rotatable bonds is 7. The molecule has 3 N–H and O–H groups in total. The van der Waals surface area contributed by atoms with Crippen LogP contribution in [0.4, 0.5) is 30.6 Å². The highest BCUT2D eigenvalue weighted by Gasteiger charge is 2.30. The van der Waals surface area contributed by atoms with Gasteiger partial charge in [-0.3, -0.25) is 14.5 Å². The van der Waals surface area contributed by atoms with E-state index in [2.05, 4.69) is 20.3 Å². The summed E-state index contributed by atoms with van der Waals surface area (Å²) in [5, 5.41) is 14.1. The van der Waals surface area contributed by atoms with E-state index in [0.29, 0.717) is 47.9 Å². The van der Waals surface area contributed by atoms with Gasteiger partial charge in [-0.1, -0.05) is 12.1 Å². The minimum Gasteiger partial charge on any atom is -0.378 e. The van der Waals surface area contributed by atoms with Gasteiger partial charge in [-0.05, 0) is 38.0 Å². The number of pyridine rings is 1. The zero-order valence-corrected chi connectivity index (χ0v) is 18.0. The van der Waals surface area contributed by atoms with E-state index in [-0.39, 0.29) is 11.5 Å². The molecule has 0 bridgehead atoms. The average Bonchev–Trinajstić information content (AvgIpc) is 3.16. The standard InChI is InChI=1S/C22H20F3N7O2/c1-13-12-31-19(28-13)11-17(14-4-6-15(7-5-14)22(23,24)25)30-21(31)27-10-2-3-16-8-9-18(32(33)34)20(26)29-16/h4-9,11-12H,2-3,10H2,1H3,(H2,26,29)(H,27,30). The second kappa shape index (κ2) is 8.96. The molecule has 0 aliphatic carbocycles. The molecule has 0 radical (unpaired) electrons. The van der Waals surface area contributed by atoms with Crippen molar-refractivity contribution in [2.24, 2.45) is 0 Å². The molecule has 0 saturated heterocycles. The Kier molecular flexibility index (Phi) is 6.05. The lowest BCUT2D eigenvalue weighted by atomic mass is 10.1. The van der Waals surface area contributed by atoms with Crippen molar-refractivity contribution in [3.8, 4) is 11.3 Å². The summed E-state index contributed by atoms with van der Waals surface area (Å²) in [6.07, 6.45) is -1.45. The Balaban J connectivity index is 1.51. The molecule has 4 aromatic rings. The van der Waals surface area contributed by atoms with Gasteiger partial charge in [0, 0.05) is 36.1 Å². The highest BCUT2D eigenvalue weighted by Crippen LogP contribution is 2.31. The molecule has 0 aliphatic rings. The van der Waals surface area contributed by atoms with Crippen molar-refractivity contribution in [3.63, 3.8) is 0 Å². The summed E-state index contributed by atoms with van der Waals surface area (Å²) in [5.41, 5.74) is 7.69. The van der Waals surface area contributed by atoms with Crippen molar-refractivity contribution in [2.45, 2.75) is 25.9 Å². The summed E-state index contributed by atoms with van der Waals surface area (Å²) in [4.78, 5) is 23.4. The Morgan fingerprint density at radius 3 is 2.50 bits per heavy atom. The van der Waals surface area contributed by atoms with Crippen molar-refractivity contribution in [3.05, 3.63) is 75.7 Å². The van der Waals surface area contributed by atoms with E-state index in [4.69, 9.17) is 5.73 Å². The fraction of sp³-hybridized carbons (Fsp3) is 0.227. The van der Waals surface area contributed by atoms with E-state index in [1.165, 1.54) is 18.2 Å². The highest BCUT2D eigenvalue weighted by molar-refractivity contribution is 5.66. The zero-order valence-electron chi connectivity index (χ0n) is 18.0. The van der Waals surface area contributed by atoms with Crippen LogP contribution in [0.1, 0.15) is 23.4 Å². The molecule has 0 fully saturated rings. The molecule has 3 heterocycles. The Bertz CT molecular complexity index is 1350. The van der Waals surface area contributed by atoms with E-state index in [9.17, 15) is 23.3 Å². The van der Waals surface area contributed by atoms with Gasteiger partial charge in [-0.2, -0.15) is 13.2 Å². The number of nitrogen functional groups attached to an aromatic ring is 1. The maximum atomic E-state index is 12.9. The number of hydrogen-bond acceptors (Lipinski definition) is 7. The van der Waals surface area contributed by atoms with Gasteiger partial charge in [0.2, 0.25) is 11.8 Å². The molecule has 0 aliphatic heterocycles. The van der Waals surface area contributed by atoms with Crippen LogP contribution in [0, 0.1) is 17.0 Å². The van der Waals surface area contributed by atoms with Gasteiger partial charge < -0.3 is 11.1 Å². The van der Waals surface area contributed by atoms with Crippen molar-refractivity contribution in [1.82, 2.24) is 19.4 Å². The number of nitrogens with two attached hydrogens (primary N) is 1. The van der Waals surface area contributed by atoms with Crippen LogP contribution < -0.4 is 11.1 Å². The maximum absolute atomic E-state index is 12.9. The minimum absolute atomic E-state index is 0.128. The van der Waals surface area contributed by atoms with Crippen LogP contribution in [-0.2, 0) is 12.6 Å². The Morgan fingerprint density at radius 2 is 1.85 bits per heavy atom. The molecule has 176 valence electrons. The monoisotopic (exact) mass is 471 g/mol. The van der Waals surface area contributed by atoms with Gasteiger partial charge in [-0.15, -0.1) is 0 Å². The minimum atomic E-state index is -4.41. The summed E-state index contributed by atoms with van der Waals surface area (Å²) >= 11 is 0. The molecular weight excluding hydrogens is 451 g/mol. The zero-order chi connectivity index (χ0) is 24.5. The number of fused-ring (bicyclic) bond motifs is 1. The maximum Gasteiger partial charge on any atom is 0.416 e. The number of benzene rings is 1. The number of halogens is 3. The number of alkyl halides is 3. The molecular formula is C22H20F3N7O2. The first-order chi connectivity index (χ1) is 16.1. The lowest BCUT2D eigenvalue weighted by Crippen LogP contribution is -2.10. The lowest BCUT2D eigenvalue weighted by molar-refractivity contribution is -0.384. The second-order valence-corrected chi connectivity index (χ2v) is 7.64. The number of hydrogen-bond donors (Lipinski definition) is 2. The van der Waals surface area contributed by atoms with Gasteiger partial charge >= 0.3 is 11.9 Å². The quantitative estimate of drug-likeness (QED) is 0.228. The van der Waals surface area contributed by atoms with Gasteiger partial charge in [0.15, 0.2) is 0 Å². The average molecular weight is 471 g/mol. The number of nitrogens with zero attached hydrogens (tertiary/aromatic N) is 5. The first-order valence-electron chi connectivity index (χ1n) is 10.3. The molecule has 4 rings (SSSR count). The number of nitrogens with one attached hydrogen (secondary N) is 1. The van der Waals surface area contributed by atoms with Crippen LogP contribution in [0.25, 0.3) is 16.9 Å². The van der Waals surface area contributed by atoms with Crippen LogP contribution in [-0.4, -0.2) is 30.8 Å². The molecule has 9 nitrogen and oxygen atoms in total. The van der Waals surface area contributed by atoms with Crippen LogP contribution in [0.3, 0.4) is 0 Å². The largest absolute Gasteiger partial charge is 0.416 e. The van der Waals surface area contributed by atoms with Crippen molar-refractivity contribution < 1.29 is 18.1 Å². The molecule has 0 unspecified atom stereocenters. The van der Waals surface area contributed by atoms with Crippen LogP contribution in [0.5, 0.6) is 0 Å². The van der Waals surface area contributed by atoms with Gasteiger partial charge in [0.05, 0.1) is 21.9 Å². The van der Waals surface area contributed by atoms with Crippen molar-refractivity contribution >= 4 is 23.1 Å².